The molecule has 1 aromatic heterocycles. The first-order valence-corrected chi connectivity index (χ1v) is 9.15. The van der Waals surface area contributed by atoms with Crippen molar-refractivity contribution in [1.29, 1.82) is 0 Å². The number of hydrogen-bond donors (Lipinski definition) is 1. The van der Waals surface area contributed by atoms with Gasteiger partial charge >= 0.3 is 0 Å². The summed E-state index contributed by atoms with van der Waals surface area (Å²) >= 11 is 4.64. The van der Waals surface area contributed by atoms with E-state index in [0.717, 1.165) is 10.0 Å². The van der Waals surface area contributed by atoms with Crippen LogP contribution in [0.4, 0.5) is 10.1 Å². The summed E-state index contributed by atoms with van der Waals surface area (Å²) in [5, 5.41) is 11.5. The number of aromatic nitrogens is 3. The number of nitrogens with zero attached hydrogens (tertiary/aromatic N) is 3. The Morgan fingerprint density at radius 2 is 1.92 bits per heavy atom. The molecule has 0 bridgehead atoms. The Kier molecular flexibility index (Phi) is 5.50. The molecular formula is C17H14BrFN4OS. The Hall–Kier alpha value is -2.19. The highest BCUT2D eigenvalue weighted by Gasteiger charge is 2.13. The van der Waals surface area contributed by atoms with Gasteiger partial charge in [-0.15, -0.1) is 10.2 Å². The summed E-state index contributed by atoms with van der Waals surface area (Å²) in [4.78, 5) is 12.0. The second kappa shape index (κ2) is 7.79. The average Bonchev–Trinajstić information content (AvgIpc) is 2.97. The van der Waals surface area contributed by atoms with Crippen LogP contribution in [-0.4, -0.2) is 26.4 Å². The summed E-state index contributed by atoms with van der Waals surface area (Å²) in [6, 6.07) is 13.8. The summed E-state index contributed by atoms with van der Waals surface area (Å²) in [7, 11) is 1.84. The van der Waals surface area contributed by atoms with Gasteiger partial charge in [0.05, 0.1) is 11.4 Å². The van der Waals surface area contributed by atoms with E-state index in [4.69, 9.17) is 0 Å². The first-order chi connectivity index (χ1) is 12.0. The van der Waals surface area contributed by atoms with Crippen LogP contribution >= 0.6 is 27.7 Å². The van der Waals surface area contributed by atoms with Crippen molar-refractivity contribution in [3.8, 4) is 11.4 Å². The number of anilines is 1. The molecule has 0 saturated carbocycles. The highest BCUT2D eigenvalue weighted by molar-refractivity contribution is 9.10. The Morgan fingerprint density at radius 1 is 1.20 bits per heavy atom. The predicted molar refractivity (Wildman–Crippen MR) is 99.9 cm³/mol. The van der Waals surface area contributed by atoms with Crippen molar-refractivity contribution in [3.05, 3.63) is 58.8 Å². The first kappa shape index (κ1) is 17.6. The van der Waals surface area contributed by atoms with Crippen molar-refractivity contribution < 1.29 is 9.18 Å². The number of nitrogens with one attached hydrogen (secondary N) is 1. The van der Waals surface area contributed by atoms with E-state index in [1.807, 2.05) is 35.9 Å². The van der Waals surface area contributed by atoms with Crippen molar-refractivity contribution in [2.24, 2.45) is 7.05 Å². The van der Waals surface area contributed by atoms with E-state index >= 15 is 0 Å². The zero-order chi connectivity index (χ0) is 17.8. The molecular weight excluding hydrogens is 407 g/mol. The third-order valence-corrected chi connectivity index (χ3v) is 4.97. The number of rotatable bonds is 5. The standard InChI is InChI=1S/C17H14BrFN4OS/c1-23-16(11-6-8-12(18)9-7-11)21-22-17(23)25-10-15(24)20-14-5-3-2-4-13(14)19/h2-9H,10H2,1H3,(H,20,24). The van der Waals surface area contributed by atoms with Crippen molar-refractivity contribution >= 4 is 39.3 Å². The van der Waals surface area contributed by atoms with E-state index < -0.39 is 5.82 Å². The molecule has 0 aliphatic heterocycles. The lowest BCUT2D eigenvalue weighted by Gasteiger charge is -2.06. The van der Waals surface area contributed by atoms with Gasteiger partial charge in [-0.3, -0.25) is 4.79 Å². The Labute approximate surface area is 156 Å². The second-order valence-corrected chi connectivity index (χ2v) is 7.05. The summed E-state index contributed by atoms with van der Waals surface area (Å²) in [5.74, 6) is 0.0607. The highest BCUT2D eigenvalue weighted by atomic mass is 79.9. The lowest BCUT2D eigenvalue weighted by molar-refractivity contribution is -0.113. The quantitative estimate of drug-likeness (QED) is 0.630. The molecule has 1 amide bonds. The zero-order valence-electron chi connectivity index (χ0n) is 13.2. The maximum atomic E-state index is 13.5. The maximum Gasteiger partial charge on any atom is 0.234 e. The SMILES string of the molecule is Cn1c(SCC(=O)Nc2ccccc2F)nnc1-c1ccc(Br)cc1. The van der Waals surface area contributed by atoms with Gasteiger partial charge in [0, 0.05) is 17.1 Å². The van der Waals surface area contributed by atoms with Crippen LogP contribution < -0.4 is 5.32 Å². The van der Waals surface area contributed by atoms with Crippen LogP contribution in [0, 0.1) is 5.82 Å². The molecule has 0 fully saturated rings. The summed E-state index contributed by atoms with van der Waals surface area (Å²) in [5.41, 5.74) is 1.10. The molecule has 0 spiro atoms. The smallest absolute Gasteiger partial charge is 0.234 e. The normalized spacial score (nSPS) is 10.7. The molecule has 0 unspecified atom stereocenters. The van der Waals surface area contributed by atoms with Gasteiger partial charge in [-0.05, 0) is 24.3 Å². The molecule has 128 valence electrons. The summed E-state index contributed by atoms with van der Waals surface area (Å²) in [6.45, 7) is 0. The molecule has 25 heavy (non-hydrogen) atoms. The summed E-state index contributed by atoms with van der Waals surface area (Å²) in [6.07, 6.45) is 0. The van der Waals surface area contributed by atoms with Crippen molar-refractivity contribution in [1.82, 2.24) is 14.8 Å². The fourth-order valence-electron chi connectivity index (χ4n) is 2.17. The Morgan fingerprint density at radius 3 is 2.64 bits per heavy atom. The monoisotopic (exact) mass is 420 g/mol. The second-order valence-electron chi connectivity index (χ2n) is 5.19. The van der Waals surface area contributed by atoms with Crippen LogP contribution in [0.15, 0.2) is 58.2 Å². The van der Waals surface area contributed by atoms with E-state index in [9.17, 15) is 9.18 Å². The Bertz CT molecular complexity index is 898. The fourth-order valence-corrected chi connectivity index (χ4v) is 3.15. The van der Waals surface area contributed by atoms with Gasteiger partial charge in [0.15, 0.2) is 11.0 Å². The van der Waals surface area contributed by atoms with E-state index in [1.54, 1.807) is 12.1 Å². The van der Waals surface area contributed by atoms with Gasteiger partial charge in [-0.2, -0.15) is 0 Å². The minimum Gasteiger partial charge on any atom is -0.323 e. The molecule has 8 heteroatoms. The Balaban J connectivity index is 1.65. The minimum atomic E-state index is -0.461. The predicted octanol–water partition coefficient (Wildman–Crippen LogP) is 4.11. The molecule has 0 atom stereocenters. The number of amides is 1. The third kappa shape index (κ3) is 4.26. The lowest BCUT2D eigenvalue weighted by atomic mass is 10.2. The van der Waals surface area contributed by atoms with E-state index in [0.29, 0.717) is 11.0 Å². The molecule has 5 nitrogen and oxygen atoms in total. The summed E-state index contributed by atoms with van der Waals surface area (Å²) < 4.78 is 16.4. The molecule has 3 rings (SSSR count). The van der Waals surface area contributed by atoms with Crippen LogP contribution in [0.3, 0.4) is 0 Å². The highest BCUT2D eigenvalue weighted by Crippen LogP contribution is 2.24. The van der Waals surface area contributed by atoms with Gasteiger partial charge in [0.25, 0.3) is 0 Å². The van der Waals surface area contributed by atoms with Gasteiger partial charge in [0.2, 0.25) is 5.91 Å². The van der Waals surface area contributed by atoms with E-state index in [1.165, 1.54) is 23.9 Å². The molecule has 1 N–H and O–H groups in total. The van der Waals surface area contributed by atoms with Crippen molar-refractivity contribution in [2.45, 2.75) is 5.16 Å². The molecule has 2 aromatic carbocycles. The number of hydrogen-bond acceptors (Lipinski definition) is 4. The topological polar surface area (TPSA) is 59.8 Å². The molecule has 3 aromatic rings. The largest absolute Gasteiger partial charge is 0.323 e. The maximum absolute atomic E-state index is 13.5. The van der Waals surface area contributed by atoms with E-state index in [-0.39, 0.29) is 17.3 Å². The van der Waals surface area contributed by atoms with Gasteiger partial charge in [-0.25, -0.2) is 4.39 Å². The van der Waals surface area contributed by atoms with Crippen molar-refractivity contribution in [3.63, 3.8) is 0 Å². The number of carbonyl (C=O) groups is 1. The molecule has 0 saturated heterocycles. The molecule has 0 aliphatic carbocycles. The molecule has 0 aliphatic rings. The first-order valence-electron chi connectivity index (χ1n) is 7.37. The lowest BCUT2D eigenvalue weighted by Crippen LogP contribution is -2.15. The molecule has 1 heterocycles. The van der Waals surface area contributed by atoms with Gasteiger partial charge < -0.3 is 9.88 Å². The number of benzene rings is 2. The zero-order valence-corrected chi connectivity index (χ0v) is 15.6. The average molecular weight is 421 g/mol. The third-order valence-electron chi connectivity index (χ3n) is 3.42. The van der Waals surface area contributed by atoms with E-state index in [2.05, 4.69) is 31.4 Å². The van der Waals surface area contributed by atoms with Gasteiger partial charge in [0.1, 0.15) is 5.82 Å². The van der Waals surface area contributed by atoms with Crippen LogP contribution in [0.1, 0.15) is 0 Å². The van der Waals surface area contributed by atoms with Crippen LogP contribution in [0.5, 0.6) is 0 Å². The fraction of sp³-hybridized carbons (Fsp3) is 0.118. The van der Waals surface area contributed by atoms with Crippen LogP contribution in [0.25, 0.3) is 11.4 Å². The van der Waals surface area contributed by atoms with Crippen LogP contribution in [0.2, 0.25) is 0 Å². The number of thioether (sulfide) groups is 1. The van der Waals surface area contributed by atoms with Crippen LogP contribution in [-0.2, 0) is 11.8 Å². The number of halogens is 2. The number of para-hydroxylation sites is 1. The van der Waals surface area contributed by atoms with Gasteiger partial charge in [-0.1, -0.05) is 52.0 Å². The minimum absolute atomic E-state index is 0.112. The van der Waals surface area contributed by atoms with Crippen molar-refractivity contribution in [2.75, 3.05) is 11.1 Å². The number of carbonyl (C=O) groups excluding carboxylic acids is 1. The molecule has 0 radical (unpaired) electrons.